The first-order valence-electron chi connectivity index (χ1n) is 8.47. The van der Waals surface area contributed by atoms with Gasteiger partial charge in [-0.1, -0.05) is 36.4 Å². The number of pyridine rings is 1. The van der Waals surface area contributed by atoms with Crippen LogP contribution in [0.15, 0.2) is 77.7 Å². The van der Waals surface area contributed by atoms with Gasteiger partial charge in [0.25, 0.3) is 5.56 Å². The minimum Gasteiger partial charge on any atom is -0.367 e. The molecule has 128 valence electrons. The van der Waals surface area contributed by atoms with Crippen molar-refractivity contribution < 1.29 is 5.11 Å². The van der Waals surface area contributed by atoms with Crippen LogP contribution in [0.4, 0.5) is 0 Å². The number of hydrogen-bond donors (Lipinski definition) is 1. The molecular formula is C22H13N3O2. The van der Waals surface area contributed by atoms with E-state index in [0.717, 1.165) is 0 Å². The Hall–Kier alpha value is -3.75. The van der Waals surface area contributed by atoms with E-state index in [-0.39, 0.29) is 11.4 Å². The summed E-state index contributed by atoms with van der Waals surface area (Å²) in [5, 5.41) is 12.0. The van der Waals surface area contributed by atoms with Gasteiger partial charge in [-0.15, -0.1) is 0 Å². The molecule has 2 aromatic carbocycles. The highest BCUT2D eigenvalue weighted by Crippen LogP contribution is 2.39. The lowest BCUT2D eigenvalue weighted by Crippen LogP contribution is -2.28. The van der Waals surface area contributed by atoms with Crippen LogP contribution < -0.4 is 5.56 Å². The molecular weight excluding hydrogens is 338 g/mol. The zero-order valence-corrected chi connectivity index (χ0v) is 14.1. The van der Waals surface area contributed by atoms with Crippen LogP contribution in [0.5, 0.6) is 0 Å². The number of nitrogens with zero attached hydrogens (tertiary/aromatic N) is 3. The average molecular weight is 351 g/mol. The van der Waals surface area contributed by atoms with E-state index in [0.29, 0.717) is 27.8 Å². The van der Waals surface area contributed by atoms with Gasteiger partial charge in [-0.3, -0.25) is 9.36 Å². The number of rotatable bonds is 0. The molecule has 1 aliphatic rings. The van der Waals surface area contributed by atoms with Crippen molar-refractivity contribution in [3.8, 4) is 17.5 Å². The van der Waals surface area contributed by atoms with Crippen molar-refractivity contribution in [3.05, 3.63) is 100 Å². The third-order valence-electron chi connectivity index (χ3n) is 4.67. The lowest BCUT2D eigenvalue weighted by molar-refractivity contribution is 0.141. The average Bonchev–Trinajstić information content (AvgIpc) is 2.97. The summed E-state index contributed by atoms with van der Waals surface area (Å²) in [6.45, 7) is 0. The van der Waals surface area contributed by atoms with Gasteiger partial charge < -0.3 is 5.11 Å². The molecule has 0 radical (unpaired) electrons. The minimum absolute atomic E-state index is 0.204. The van der Waals surface area contributed by atoms with E-state index in [1.165, 1.54) is 4.57 Å². The molecule has 0 bridgehead atoms. The summed E-state index contributed by atoms with van der Waals surface area (Å²) >= 11 is 0. The van der Waals surface area contributed by atoms with Gasteiger partial charge in [0.05, 0.1) is 16.6 Å². The van der Waals surface area contributed by atoms with Crippen molar-refractivity contribution >= 4 is 10.9 Å². The lowest BCUT2D eigenvalue weighted by atomic mass is 9.95. The Morgan fingerprint density at radius 2 is 1.74 bits per heavy atom. The second kappa shape index (κ2) is 5.63. The van der Waals surface area contributed by atoms with Crippen molar-refractivity contribution in [1.82, 2.24) is 14.5 Å². The molecule has 0 saturated heterocycles. The minimum atomic E-state index is -1.70. The number of hydrogen-bond acceptors (Lipinski definition) is 4. The Kier molecular flexibility index (Phi) is 3.23. The maximum Gasteiger partial charge on any atom is 0.266 e. The van der Waals surface area contributed by atoms with Gasteiger partial charge >= 0.3 is 0 Å². The van der Waals surface area contributed by atoms with E-state index in [9.17, 15) is 9.90 Å². The first-order valence-corrected chi connectivity index (χ1v) is 8.47. The number of fused-ring (bicyclic) bond motifs is 4. The second-order valence-corrected chi connectivity index (χ2v) is 6.29. The van der Waals surface area contributed by atoms with Gasteiger partial charge in [0.2, 0.25) is 5.60 Å². The number of para-hydroxylation sites is 2. The largest absolute Gasteiger partial charge is 0.367 e. The van der Waals surface area contributed by atoms with Crippen LogP contribution in [0.1, 0.15) is 17.1 Å². The van der Waals surface area contributed by atoms with Gasteiger partial charge in [-0.05, 0) is 42.2 Å². The number of benzene rings is 2. The molecule has 1 aliphatic heterocycles. The standard InChI is InChI=1S/C22H13N3O2/c26-20-16-8-1-3-10-18(16)24-21-22(27,13-12-15-7-5-6-14-23-15)17-9-2-4-11-19(17)25(20)21/h1-11,14,27H. The highest BCUT2D eigenvalue weighted by Gasteiger charge is 2.43. The van der Waals surface area contributed by atoms with E-state index in [2.05, 4.69) is 21.8 Å². The Labute approximate surface area is 154 Å². The molecule has 1 atom stereocenters. The molecule has 5 rings (SSSR count). The third kappa shape index (κ3) is 2.21. The van der Waals surface area contributed by atoms with Crippen molar-refractivity contribution in [2.45, 2.75) is 5.60 Å². The SMILES string of the molecule is O=c1c2ccccc2nc2n1-c1ccccc1C2(O)C#Cc1ccccn1. The predicted octanol–water partition coefficient (Wildman–Crippen LogP) is 2.38. The van der Waals surface area contributed by atoms with Crippen LogP contribution in [0.2, 0.25) is 0 Å². The molecule has 3 heterocycles. The molecule has 0 aliphatic carbocycles. The highest BCUT2D eigenvalue weighted by molar-refractivity contribution is 5.79. The second-order valence-electron chi connectivity index (χ2n) is 6.29. The molecule has 27 heavy (non-hydrogen) atoms. The summed E-state index contributed by atoms with van der Waals surface area (Å²) in [5.41, 5.74) is 0.266. The van der Waals surface area contributed by atoms with Crippen LogP contribution in [0, 0.1) is 11.8 Å². The number of aliphatic hydroxyl groups is 1. The smallest absolute Gasteiger partial charge is 0.266 e. The Morgan fingerprint density at radius 3 is 2.59 bits per heavy atom. The van der Waals surface area contributed by atoms with Crippen molar-refractivity contribution in [2.24, 2.45) is 0 Å². The highest BCUT2D eigenvalue weighted by atomic mass is 16.3. The summed E-state index contributed by atoms with van der Waals surface area (Å²) in [7, 11) is 0. The summed E-state index contributed by atoms with van der Waals surface area (Å²) in [6.07, 6.45) is 1.64. The molecule has 0 spiro atoms. The predicted molar refractivity (Wildman–Crippen MR) is 101 cm³/mol. The van der Waals surface area contributed by atoms with Crippen LogP contribution in [-0.4, -0.2) is 19.6 Å². The maximum atomic E-state index is 13.1. The van der Waals surface area contributed by atoms with Crippen molar-refractivity contribution in [1.29, 1.82) is 0 Å². The van der Waals surface area contributed by atoms with E-state index in [4.69, 9.17) is 0 Å². The van der Waals surface area contributed by atoms with Crippen LogP contribution >= 0.6 is 0 Å². The monoisotopic (exact) mass is 351 g/mol. The lowest BCUT2D eigenvalue weighted by Gasteiger charge is -2.16. The Morgan fingerprint density at radius 1 is 0.963 bits per heavy atom. The molecule has 1 N–H and O–H groups in total. The fourth-order valence-corrected chi connectivity index (χ4v) is 3.41. The van der Waals surface area contributed by atoms with Crippen LogP contribution in [0.3, 0.4) is 0 Å². The molecule has 5 heteroatoms. The molecule has 5 nitrogen and oxygen atoms in total. The van der Waals surface area contributed by atoms with Gasteiger partial charge in [-0.25, -0.2) is 9.97 Å². The normalized spacial score (nSPS) is 17.1. The topological polar surface area (TPSA) is 68.0 Å². The first kappa shape index (κ1) is 15.5. The quantitative estimate of drug-likeness (QED) is 0.494. The summed E-state index contributed by atoms with van der Waals surface area (Å²) in [5.74, 6) is 6.01. The van der Waals surface area contributed by atoms with E-state index >= 15 is 0 Å². The molecule has 2 aromatic heterocycles. The van der Waals surface area contributed by atoms with Gasteiger partial charge in [0.15, 0.2) is 5.82 Å². The molecule has 4 aromatic rings. The van der Waals surface area contributed by atoms with Gasteiger partial charge in [0, 0.05) is 11.8 Å². The molecule has 0 fully saturated rings. The summed E-state index contributed by atoms with van der Waals surface area (Å²) in [6, 6.07) is 19.7. The molecule has 0 saturated carbocycles. The summed E-state index contributed by atoms with van der Waals surface area (Å²) < 4.78 is 1.45. The Balaban J connectivity index is 1.85. The van der Waals surface area contributed by atoms with Gasteiger partial charge in [-0.2, -0.15) is 0 Å². The summed E-state index contributed by atoms with van der Waals surface area (Å²) in [4.78, 5) is 21.9. The fraction of sp³-hybridized carbons (Fsp3) is 0.0455. The maximum absolute atomic E-state index is 13.1. The Bertz CT molecular complexity index is 1320. The fourth-order valence-electron chi connectivity index (χ4n) is 3.41. The van der Waals surface area contributed by atoms with Crippen LogP contribution in [-0.2, 0) is 5.60 Å². The van der Waals surface area contributed by atoms with Crippen molar-refractivity contribution in [2.75, 3.05) is 0 Å². The zero-order valence-electron chi connectivity index (χ0n) is 14.1. The van der Waals surface area contributed by atoms with Crippen LogP contribution in [0.25, 0.3) is 16.6 Å². The van der Waals surface area contributed by atoms with Crippen molar-refractivity contribution in [3.63, 3.8) is 0 Å². The third-order valence-corrected chi connectivity index (χ3v) is 4.67. The molecule has 1 unspecified atom stereocenters. The molecule has 0 amide bonds. The van der Waals surface area contributed by atoms with E-state index in [1.54, 1.807) is 48.7 Å². The zero-order chi connectivity index (χ0) is 18.4. The first-order chi connectivity index (χ1) is 13.2. The number of aromatic nitrogens is 3. The van der Waals surface area contributed by atoms with E-state index in [1.807, 2.05) is 24.3 Å². The van der Waals surface area contributed by atoms with Gasteiger partial charge in [0.1, 0.15) is 5.69 Å². The van der Waals surface area contributed by atoms with E-state index < -0.39 is 5.60 Å².